The molecule has 0 bridgehead atoms. The average Bonchev–Trinajstić information content (AvgIpc) is 2.57. The van der Waals surface area contributed by atoms with Crippen LogP contribution in [-0.4, -0.2) is 48.3 Å². The number of amides is 2. The molecule has 1 aromatic carbocycles. The summed E-state index contributed by atoms with van der Waals surface area (Å²) in [4.78, 5) is 36.9. The van der Waals surface area contributed by atoms with Crippen LogP contribution in [-0.2, 0) is 9.47 Å². The Bertz CT molecular complexity index is 627. The number of hydrazine groups is 1. The van der Waals surface area contributed by atoms with Crippen LogP contribution in [0.1, 0.15) is 45.0 Å². The average molecular weight is 366 g/mol. The number of carbonyl (C=O) groups is 3. The van der Waals surface area contributed by atoms with E-state index in [4.69, 9.17) is 14.2 Å². The molecule has 1 atom stereocenters. The molecule has 1 aromatic rings. The number of rotatable bonds is 6. The van der Waals surface area contributed by atoms with Crippen LogP contribution in [0.15, 0.2) is 24.3 Å². The zero-order valence-electron chi connectivity index (χ0n) is 15.9. The lowest BCUT2D eigenvalue weighted by atomic mass is 10.1. The third kappa shape index (κ3) is 6.27. The number of benzene rings is 1. The molecular formula is C18H26N2O6. The number of methoxy groups -OCH3 is 1. The molecule has 0 radical (unpaired) electrons. The number of ketones is 1. The number of ether oxygens (including phenoxy) is 3. The van der Waals surface area contributed by atoms with E-state index in [9.17, 15) is 14.4 Å². The van der Waals surface area contributed by atoms with Crippen molar-refractivity contribution in [2.45, 2.75) is 52.9 Å². The largest absolute Gasteiger partial charge is 0.497 e. The predicted octanol–water partition coefficient (Wildman–Crippen LogP) is 3.16. The van der Waals surface area contributed by atoms with Gasteiger partial charge in [0, 0.05) is 5.56 Å². The Hall–Kier alpha value is -2.77. The maximum atomic E-state index is 12.7. The van der Waals surface area contributed by atoms with Gasteiger partial charge in [0.25, 0.3) is 0 Å². The van der Waals surface area contributed by atoms with Gasteiger partial charge < -0.3 is 14.2 Å². The first-order valence-corrected chi connectivity index (χ1v) is 8.31. The monoisotopic (exact) mass is 366 g/mol. The van der Waals surface area contributed by atoms with Gasteiger partial charge in [-0.15, -0.1) is 0 Å². The van der Waals surface area contributed by atoms with Crippen molar-refractivity contribution in [3.63, 3.8) is 0 Å². The SMILES string of the molecule is COc1ccc(C(=O)[C@@H](C)N(NC(=O)OC(C)C)C(=O)OC(C)C)cc1. The molecule has 8 nitrogen and oxygen atoms in total. The number of carbonyl (C=O) groups excluding carboxylic acids is 3. The zero-order chi connectivity index (χ0) is 19.9. The van der Waals surface area contributed by atoms with Crippen LogP contribution in [0, 0.1) is 0 Å². The quantitative estimate of drug-likeness (QED) is 0.614. The molecule has 0 spiro atoms. The minimum absolute atomic E-state index is 0.361. The summed E-state index contributed by atoms with van der Waals surface area (Å²) in [6.07, 6.45) is -2.51. The van der Waals surface area contributed by atoms with E-state index in [2.05, 4.69) is 5.43 Å². The van der Waals surface area contributed by atoms with Gasteiger partial charge in [-0.3, -0.25) is 4.79 Å². The van der Waals surface area contributed by atoms with Gasteiger partial charge in [-0.2, -0.15) is 0 Å². The first-order chi connectivity index (χ1) is 12.1. The summed E-state index contributed by atoms with van der Waals surface area (Å²) in [5.74, 6) is 0.224. The van der Waals surface area contributed by atoms with Crippen LogP contribution in [0.2, 0.25) is 0 Å². The molecule has 2 amide bonds. The summed E-state index contributed by atoms with van der Waals surface area (Å²) in [6, 6.07) is 5.43. The lowest BCUT2D eigenvalue weighted by Gasteiger charge is -2.28. The second kappa shape index (κ2) is 9.65. The van der Waals surface area contributed by atoms with Crippen molar-refractivity contribution >= 4 is 18.0 Å². The van der Waals surface area contributed by atoms with Gasteiger partial charge in [-0.05, 0) is 58.9 Å². The molecule has 1 N–H and O–H groups in total. The van der Waals surface area contributed by atoms with Crippen molar-refractivity contribution in [3.05, 3.63) is 29.8 Å². The smallest absolute Gasteiger partial charge is 0.429 e. The van der Waals surface area contributed by atoms with Crippen molar-refractivity contribution in [1.82, 2.24) is 10.4 Å². The van der Waals surface area contributed by atoms with E-state index in [0.29, 0.717) is 11.3 Å². The molecule has 0 aliphatic carbocycles. The third-order valence-electron chi connectivity index (χ3n) is 3.23. The van der Waals surface area contributed by atoms with Gasteiger partial charge in [0.2, 0.25) is 0 Å². The maximum Gasteiger partial charge on any atom is 0.429 e. The Balaban J connectivity index is 2.99. The minimum atomic E-state index is -1.01. The first-order valence-electron chi connectivity index (χ1n) is 8.31. The lowest BCUT2D eigenvalue weighted by Crippen LogP contribution is -2.54. The van der Waals surface area contributed by atoms with E-state index in [1.165, 1.54) is 14.0 Å². The molecule has 0 unspecified atom stereocenters. The van der Waals surface area contributed by atoms with Gasteiger partial charge in [0.05, 0.1) is 19.3 Å². The molecule has 0 heterocycles. The van der Waals surface area contributed by atoms with Crippen LogP contribution in [0.4, 0.5) is 9.59 Å². The molecule has 144 valence electrons. The van der Waals surface area contributed by atoms with Crippen molar-refractivity contribution in [2.75, 3.05) is 7.11 Å². The van der Waals surface area contributed by atoms with Gasteiger partial charge in [0.1, 0.15) is 11.8 Å². The third-order valence-corrected chi connectivity index (χ3v) is 3.23. The fourth-order valence-corrected chi connectivity index (χ4v) is 2.01. The molecular weight excluding hydrogens is 340 g/mol. The van der Waals surface area contributed by atoms with E-state index < -0.39 is 24.3 Å². The highest BCUT2D eigenvalue weighted by atomic mass is 16.6. The summed E-state index contributed by atoms with van der Waals surface area (Å²) < 4.78 is 15.1. The van der Waals surface area contributed by atoms with Crippen LogP contribution >= 0.6 is 0 Å². The van der Waals surface area contributed by atoms with Crippen molar-refractivity contribution in [1.29, 1.82) is 0 Å². The molecule has 0 aliphatic heterocycles. The first kappa shape index (κ1) is 21.3. The summed E-state index contributed by atoms with van der Waals surface area (Å²) in [5, 5.41) is 0.831. The molecule has 0 fully saturated rings. The second-order valence-electron chi connectivity index (χ2n) is 6.14. The number of Topliss-reactive ketones (excluding diaryl/α,β-unsaturated/α-hetero) is 1. The van der Waals surface area contributed by atoms with Crippen LogP contribution in [0.25, 0.3) is 0 Å². The van der Waals surface area contributed by atoms with E-state index in [0.717, 1.165) is 5.01 Å². The molecule has 0 saturated carbocycles. The number of hydrogen-bond donors (Lipinski definition) is 1. The fourth-order valence-electron chi connectivity index (χ4n) is 2.01. The Morgan fingerprint density at radius 3 is 1.92 bits per heavy atom. The number of nitrogens with one attached hydrogen (secondary N) is 1. The number of nitrogens with zero attached hydrogens (tertiary/aromatic N) is 1. The molecule has 0 aromatic heterocycles. The minimum Gasteiger partial charge on any atom is -0.497 e. The van der Waals surface area contributed by atoms with Crippen molar-refractivity contribution < 1.29 is 28.6 Å². The van der Waals surface area contributed by atoms with E-state index in [-0.39, 0.29) is 11.9 Å². The molecule has 8 heteroatoms. The van der Waals surface area contributed by atoms with Gasteiger partial charge in [-0.25, -0.2) is 20.0 Å². The summed E-state index contributed by atoms with van der Waals surface area (Å²) >= 11 is 0. The normalized spacial score (nSPS) is 11.7. The lowest BCUT2D eigenvalue weighted by molar-refractivity contribution is 0.0326. The Morgan fingerprint density at radius 2 is 1.46 bits per heavy atom. The summed E-state index contributed by atoms with van der Waals surface area (Å²) in [5.41, 5.74) is 2.64. The molecule has 0 saturated heterocycles. The molecule has 26 heavy (non-hydrogen) atoms. The van der Waals surface area contributed by atoms with E-state index in [1.807, 2.05) is 0 Å². The highest BCUT2D eigenvalue weighted by Crippen LogP contribution is 2.15. The molecule has 0 aliphatic rings. The van der Waals surface area contributed by atoms with E-state index >= 15 is 0 Å². The van der Waals surface area contributed by atoms with Crippen molar-refractivity contribution in [3.8, 4) is 5.75 Å². The highest BCUT2D eigenvalue weighted by molar-refractivity contribution is 6.01. The number of hydrogen-bond acceptors (Lipinski definition) is 6. The topological polar surface area (TPSA) is 94.2 Å². The van der Waals surface area contributed by atoms with E-state index in [1.54, 1.807) is 52.0 Å². The van der Waals surface area contributed by atoms with Gasteiger partial charge in [0.15, 0.2) is 5.78 Å². The maximum absolute atomic E-state index is 12.7. The fraction of sp³-hybridized carbons (Fsp3) is 0.500. The standard InChI is InChI=1S/C18H26N2O6/c1-11(2)25-17(22)19-20(18(23)26-12(3)4)13(5)16(21)14-7-9-15(24-6)10-8-14/h7-13H,1-6H3,(H,19,22)/t13-/m1/s1. The van der Waals surface area contributed by atoms with Gasteiger partial charge >= 0.3 is 12.2 Å². The van der Waals surface area contributed by atoms with Crippen LogP contribution in [0.5, 0.6) is 5.75 Å². The zero-order valence-corrected chi connectivity index (χ0v) is 15.9. The van der Waals surface area contributed by atoms with Crippen molar-refractivity contribution in [2.24, 2.45) is 0 Å². The highest BCUT2D eigenvalue weighted by Gasteiger charge is 2.31. The summed E-state index contributed by atoms with van der Waals surface area (Å²) in [6.45, 7) is 8.16. The summed E-state index contributed by atoms with van der Waals surface area (Å²) in [7, 11) is 1.52. The van der Waals surface area contributed by atoms with Crippen LogP contribution < -0.4 is 10.2 Å². The Kier molecular flexibility index (Phi) is 7.89. The van der Waals surface area contributed by atoms with Crippen LogP contribution in [0.3, 0.4) is 0 Å². The Labute approximate surface area is 153 Å². The predicted molar refractivity (Wildman–Crippen MR) is 95.0 cm³/mol. The molecule has 1 rings (SSSR count). The Morgan fingerprint density at radius 1 is 0.923 bits per heavy atom. The van der Waals surface area contributed by atoms with Gasteiger partial charge in [-0.1, -0.05) is 0 Å². The second-order valence-corrected chi connectivity index (χ2v) is 6.14.